The maximum atomic E-state index is 15.0. The van der Waals surface area contributed by atoms with E-state index in [2.05, 4.69) is 25.0 Å². The average Bonchev–Trinajstić information content (AvgIpc) is 3.18. The second kappa shape index (κ2) is 10.5. The molecule has 2 aromatic carbocycles. The molecule has 1 aliphatic rings. The van der Waals surface area contributed by atoms with Crippen molar-refractivity contribution in [3.8, 4) is 16.9 Å². The van der Waals surface area contributed by atoms with Crippen molar-refractivity contribution in [3.63, 3.8) is 0 Å². The Morgan fingerprint density at radius 2 is 2.03 bits per heavy atom. The van der Waals surface area contributed by atoms with E-state index in [1.54, 1.807) is 12.1 Å². The first-order valence-corrected chi connectivity index (χ1v) is 11.3. The molecule has 2 aromatic rings. The van der Waals surface area contributed by atoms with Crippen LogP contribution in [0.2, 0.25) is 0 Å². The Morgan fingerprint density at radius 3 is 2.70 bits per heavy atom. The topological polar surface area (TPSA) is 49.8 Å². The average molecular weight is 450 g/mol. The Labute approximate surface area is 195 Å². The summed E-state index contributed by atoms with van der Waals surface area (Å²) in [5.74, 6) is -1.11. The normalized spacial score (nSPS) is 12.8. The predicted octanol–water partition coefficient (Wildman–Crippen LogP) is 6.53. The lowest BCUT2D eigenvalue weighted by Gasteiger charge is -2.23. The minimum absolute atomic E-state index is 0.123. The molecule has 0 saturated carbocycles. The summed E-state index contributed by atoms with van der Waals surface area (Å²) in [6.45, 7) is 15.0. The number of benzene rings is 2. The fourth-order valence-corrected chi connectivity index (χ4v) is 4.36. The number of carboxylic acid groups (broad SMARTS) is 1. The first kappa shape index (κ1) is 24.3. The van der Waals surface area contributed by atoms with E-state index in [0.29, 0.717) is 18.6 Å². The minimum atomic E-state index is -0.912. The van der Waals surface area contributed by atoms with Gasteiger partial charge in [0.2, 0.25) is 0 Å². The number of rotatable bonds is 10. The number of aryl methyl sites for hydroxylation is 2. The van der Waals surface area contributed by atoms with E-state index in [1.807, 2.05) is 32.1 Å². The Balaban J connectivity index is 2.17. The van der Waals surface area contributed by atoms with Crippen molar-refractivity contribution in [2.75, 3.05) is 18.1 Å². The van der Waals surface area contributed by atoms with E-state index in [9.17, 15) is 9.90 Å². The third-order valence-corrected chi connectivity index (χ3v) is 6.02. The zero-order valence-electron chi connectivity index (χ0n) is 19.7. The summed E-state index contributed by atoms with van der Waals surface area (Å²) in [7, 11) is 0. The molecular weight excluding hydrogens is 417 g/mol. The van der Waals surface area contributed by atoms with Crippen molar-refractivity contribution >= 4 is 11.7 Å². The molecule has 1 N–H and O–H groups in total. The van der Waals surface area contributed by atoms with Gasteiger partial charge in [-0.05, 0) is 84.3 Å². The summed E-state index contributed by atoms with van der Waals surface area (Å²) in [5.41, 5.74) is 6.79. The van der Waals surface area contributed by atoms with Gasteiger partial charge in [-0.3, -0.25) is 4.79 Å². The first-order chi connectivity index (χ1) is 15.8. The van der Waals surface area contributed by atoms with Gasteiger partial charge in [-0.2, -0.15) is 0 Å². The van der Waals surface area contributed by atoms with Crippen LogP contribution in [0.5, 0.6) is 5.75 Å². The van der Waals surface area contributed by atoms with E-state index in [1.165, 1.54) is 6.07 Å². The quantitative estimate of drug-likeness (QED) is 0.331. The van der Waals surface area contributed by atoms with Gasteiger partial charge in [-0.1, -0.05) is 38.7 Å². The van der Waals surface area contributed by atoms with Gasteiger partial charge in [-0.15, -0.1) is 0 Å². The third-order valence-electron chi connectivity index (χ3n) is 6.02. The van der Waals surface area contributed by atoms with Crippen LogP contribution in [0.4, 0.5) is 10.1 Å². The molecule has 4 nitrogen and oxygen atoms in total. The van der Waals surface area contributed by atoms with Gasteiger partial charge >= 0.3 is 5.97 Å². The van der Waals surface area contributed by atoms with Crippen molar-refractivity contribution in [3.05, 3.63) is 83.4 Å². The van der Waals surface area contributed by atoms with E-state index in [-0.39, 0.29) is 12.2 Å². The summed E-state index contributed by atoms with van der Waals surface area (Å²) in [6, 6.07) is 5.23. The number of halogens is 1. The smallest absolute Gasteiger partial charge is 0.307 e. The second-order valence-corrected chi connectivity index (χ2v) is 8.40. The molecule has 0 atom stereocenters. The summed E-state index contributed by atoms with van der Waals surface area (Å²) in [4.78, 5) is 13.8. The van der Waals surface area contributed by atoms with Crippen molar-refractivity contribution < 1.29 is 19.0 Å². The molecule has 0 fully saturated rings. The fourth-order valence-electron chi connectivity index (χ4n) is 4.36. The van der Waals surface area contributed by atoms with Gasteiger partial charge in [0.1, 0.15) is 0 Å². The SMILES string of the molecule is C=C/C=C/C(=C)N1CCc2c1cc(C)c(CC(=O)O)c2-c1cc(F)c(OCCCC)cc1C. The lowest BCUT2D eigenvalue weighted by Crippen LogP contribution is -2.17. The number of hydrogen-bond donors (Lipinski definition) is 1. The van der Waals surface area contributed by atoms with Gasteiger partial charge in [0.25, 0.3) is 0 Å². The summed E-state index contributed by atoms with van der Waals surface area (Å²) in [5, 5.41) is 9.60. The Hall–Kier alpha value is -3.34. The standard InChI is InChI=1S/C28H32FNO3/c1-6-8-10-20(5)30-12-11-21-25(30)14-18(3)23(17-27(31)32)28(21)22-16-24(29)26(15-19(22)4)33-13-9-7-2/h6,8,10,14-16H,1,5,7,9,11-13,17H2,2-4H3,(H,31,32)/b10-8+. The molecule has 1 aliphatic heterocycles. The van der Waals surface area contributed by atoms with Crippen molar-refractivity contribution in [1.29, 1.82) is 0 Å². The molecule has 0 amide bonds. The van der Waals surface area contributed by atoms with E-state index in [0.717, 1.165) is 58.6 Å². The van der Waals surface area contributed by atoms with Gasteiger partial charge in [0.05, 0.1) is 13.0 Å². The number of carbonyl (C=O) groups is 1. The lowest BCUT2D eigenvalue weighted by molar-refractivity contribution is -0.136. The van der Waals surface area contributed by atoms with Crippen LogP contribution in [-0.2, 0) is 17.6 Å². The Morgan fingerprint density at radius 1 is 1.27 bits per heavy atom. The summed E-state index contributed by atoms with van der Waals surface area (Å²) >= 11 is 0. The molecule has 5 heteroatoms. The molecule has 0 aromatic heterocycles. The largest absolute Gasteiger partial charge is 0.491 e. The number of hydrogen-bond acceptors (Lipinski definition) is 3. The van der Waals surface area contributed by atoms with Gasteiger partial charge in [-0.25, -0.2) is 4.39 Å². The highest BCUT2D eigenvalue weighted by molar-refractivity contribution is 5.86. The molecule has 1 heterocycles. The molecule has 0 bridgehead atoms. The highest BCUT2D eigenvalue weighted by Crippen LogP contribution is 2.44. The van der Waals surface area contributed by atoms with Crippen LogP contribution >= 0.6 is 0 Å². The molecule has 0 unspecified atom stereocenters. The van der Waals surface area contributed by atoms with Crippen LogP contribution in [0.3, 0.4) is 0 Å². The minimum Gasteiger partial charge on any atom is -0.491 e. The zero-order valence-corrected chi connectivity index (χ0v) is 19.7. The van der Waals surface area contributed by atoms with E-state index >= 15 is 4.39 Å². The molecular formula is C28H32FNO3. The molecule has 0 saturated heterocycles. The number of allylic oxidation sites excluding steroid dienone is 3. The molecule has 3 rings (SSSR count). The zero-order chi connectivity index (χ0) is 24.1. The van der Waals surface area contributed by atoms with Crippen LogP contribution in [-0.4, -0.2) is 24.2 Å². The molecule has 0 radical (unpaired) electrons. The number of ether oxygens (including phenoxy) is 1. The number of anilines is 1. The molecule has 174 valence electrons. The summed E-state index contributed by atoms with van der Waals surface area (Å²) < 4.78 is 20.7. The number of fused-ring (bicyclic) bond motifs is 1. The van der Waals surface area contributed by atoms with E-state index < -0.39 is 11.8 Å². The first-order valence-electron chi connectivity index (χ1n) is 11.3. The van der Waals surface area contributed by atoms with Gasteiger partial charge in [0.15, 0.2) is 11.6 Å². The van der Waals surface area contributed by atoms with Crippen LogP contribution in [0.1, 0.15) is 42.0 Å². The van der Waals surface area contributed by atoms with E-state index in [4.69, 9.17) is 4.74 Å². The monoisotopic (exact) mass is 449 g/mol. The maximum Gasteiger partial charge on any atom is 0.307 e. The maximum absolute atomic E-state index is 15.0. The Bertz CT molecular complexity index is 1120. The molecule has 33 heavy (non-hydrogen) atoms. The van der Waals surface area contributed by atoms with Gasteiger partial charge < -0.3 is 14.7 Å². The molecule has 0 spiro atoms. The highest BCUT2D eigenvalue weighted by atomic mass is 19.1. The van der Waals surface area contributed by atoms with Crippen LogP contribution in [0.25, 0.3) is 11.1 Å². The van der Waals surface area contributed by atoms with Gasteiger partial charge in [0, 0.05) is 17.9 Å². The molecule has 0 aliphatic carbocycles. The second-order valence-electron chi connectivity index (χ2n) is 8.40. The highest BCUT2D eigenvalue weighted by Gasteiger charge is 2.28. The van der Waals surface area contributed by atoms with Crippen LogP contribution < -0.4 is 9.64 Å². The van der Waals surface area contributed by atoms with Crippen LogP contribution in [0, 0.1) is 19.7 Å². The van der Waals surface area contributed by atoms with Crippen molar-refractivity contribution in [2.45, 2.75) is 46.5 Å². The van der Waals surface area contributed by atoms with Crippen molar-refractivity contribution in [2.24, 2.45) is 0 Å². The third kappa shape index (κ3) is 5.19. The number of carboxylic acids is 1. The Kier molecular flexibility index (Phi) is 7.75. The van der Waals surface area contributed by atoms with Crippen LogP contribution in [0.15, 0.2) is 55.3 Å². The number of nitrogens with zero attached hydrogens (tertiary/aromatic N) is 1. The summed E-state index contributed by atoms with van der Waals surface area (Å²) in [6.07, 6.45) is 7.85. The predicted molar refractivity (Wildman–Crippen MR) is 133 cm³/mol. The number of aliphatic carboxylic acids is 1. The number of unbranched alkanes of at least 4 members (excludes halogenated alkanes) is 1. The lowest BCUT2D eigenvalue weighted by atomic mass is 9.86. The van der Waals surface area contributed by atoms with Crippen molar-refractivity contribution in [1.82, 2.24) is 0 Å². The fraction of sp³-hybridized carbons (Fsp3) is 0.321.